The normalized spacial score (nSPS) is 12.6. The minimum absolute atomic E-state index is 0. The van der Waals surface area contributed by atoms with Gasteiger partial charge in [0.1, 0.15) is 11.5 Å². The molecule has 0 radical (unpaired) electrons. The van der Waals surface area contributed by atoms with Crippen molar-refractivity contribution in [3.8, 4) is 11.5 Å². The Labute approximate surface area is 257 Å². The second-order valence-corrected chi connectivity index (χ2v) is 11.7. The van der Waals surface area contributed by atoms with Crippen LogP contribution in [-0.4, -0.2) is 29.9 Å². The fourth-order valence-corrected chi connectivity index (χ4v) is 5.41. The molecule has 0 fully saturated rings. The molecule has 0 unspecified atom stereocenters. The highest BCUT2D eigenvalue weighted by Gasteiger charge is 2.10. The van der Waals surface area contributed by atoms with Crippen molar-refractivity contribution in [1.29, 1.82) is 0 Å². The third-order valence-electron chi connectivity index (χ3n) is 6.91. The van der Waals surface area contributed by atoms with E-state index in [1.165, 1.54) is 81.1 Å². The first-order valence-corrected chi connectivity index (χ1v) is 15.9. The number of allylic oxidation sites excluding steroid dienone is 1. The molecule has 0 aromatic heterocycles. The van der Waals surface area contributed by atoms with Gasteiger partial charge >= 0.3 is 0 Å². The Hall–Kier alpha value is -2.12. The first-order valence-electron chi connectivity index (χ1n) is 14.9. The standard InChI is InChI=1S/C33H48N2O3S.BrH/c1-3-4-5-6-7-8-9-10-11-12-13-14-23-37-31-19-21-32(22-20-31)38-26-33(36)34-30-17-15-29(16-18-30)25-35-24-28(2)39-27-35;/h15-22,24H,3-14,23,25-27H2,1-2H3,(H,34,36);1H. The van der Waals surface area contributed by atoms with E-state index in [1.807, 2.05) is 48.2 Å². The highest BCUT2D eigenvalue weighted by molar-refractivity contribution is 8.93. The lowest BCUT2D eigenvalue weighted by Crippen LogP contribution is -2.20. The van der Waals surface area contributed by atoms with Crippen LogP contribution in [-0.2, 0) is 11.3 Å². The van der Waals surface area contributed by atoms with Crippen LogP contribution in [0.25, 0.3) is 0 Å². The molecule has 3 rings (SSSR count). The second-order valence-electron chi connectivity index (χ2n) is 10.5. The van der Waals surface area contributed by atoms with Gasteiger partial charge in [-0.3, -0.25) is 4.79 Å². The summed E-state index contributed by atoms with van der Waals surface area (Å²) in [5, 5.41) is 2.90. The number of anilines is 1. The Morgan fingerprint density at radius 2 is 1.35 bits per heavy atom. The first-order chi connectivity index (χ1) is 19.1. The van der Waals surface area contributed by atoms with E-state index in [-0.39, 0.29) is 29.5 Å². The zero-order valence-corrected chi connectivity index (χ0v) is 27.0. The number of halogens is 1. The zero-order valence-electron chi connectivity index (χ0n) is 24.5. The predicted octanol–water partition coefficient (Wildman–Crippen LogP) is 9.73. The molecule has 222 valence electrons. The number of hydrogen-bond acceptors (Lipinski definition) is 5. The van der Waals surface area contributed by atoms with E-state index in [0.29, 0.717) is 5.75 Å². The number of amides is 1. The minimum atomic E-state index is -0.176. The summed E-state index contributed by atoms with van der Waals surface area (Å²) in [6.45, 7) is 5.99. The largest absolute Gasteiger partial charge is 0.494 e. The molecule has 0 spiro atoms. The molecular weight excluding hydrogens is 584 g/mol. The van der Waals surface area contributed by atoms with Crippen LogP contribution in [0.5, 0.6) is 11.5 Å². The molecule has 1 heterocycles. The molecule has 7 heteroatoms. The lowest BCUT2D eigenvalue weighted by molar-refractivity contribution is -0.118. The van der Waals surface area contributed by atoms with Gasteiger partial charge in [0, 0.05) is 18.4 Å². The van der Waals surface area contributed by atoms with Crippen LogP contribution in [0, 0.1) is 0 Å². The van der Waals surface area contributed by atoms with Crippen molar-refractivity contribution in [3.05, 3.63) is 65.2 Å². The van der Waals surface area contributed by atoms with Gasteiger partial charge in [-0.15, -0.1) is 28.7 Å². The van der Waals surface area contributed by atoms with Crippen molar-refractivity contribution in [1.82, 2.24) is 4.90 Å². The summed E-state index contributed by atoms with van der Waals surface area (Å²) in [4.78, 5) is 16.0. The van der Waals surface area contributed by atoms with Gasteiger partial charge in [-0.2, -0.15) is 0 Å². The molecule has 0 bridgehead atoms. The van der Waals surface area contributed by atoms with Gasteiger partial charge in [0.2, 0.25) is 0 Å². The highest BCUT2D eigenvalue weighted by atomic mass is 79.9. The van der Waals surface area contributed by atoms with Crippen molar-refractivity contribution < 1.29 is 14.3 Å². The molecule has 1 aliphatic rings. The summed E-state index contributed by atoms with van der Waals surface area (Å²) in [5.41, 5.74) is 1.99. The number of hydrogen-bond donors (Lipinski definition) is 1. The average Bonchev–Trinajstić information content (AvgIpc) is 3.36. The van der Waals surface area contributed by atoms with E-state index in [0.717, 1.165) is 36.9 Å². The summed E-state index contributed by atoms with van der Waals surface area (Å²) in [6, 6.07) is 15.5. The van der Waals surface area contributed by atoms with Crippen molar-refractivity contribution in [2.45, 2.75) is 97.4 Å². The van der Waals surface area contributed by atoms with Crippen molar-refractivity contribution in [2.75, 3.05) is 24.4 Å². The van der Waals surface area contributed by atoms with Gasteiger partial charge in [0.25, 0.3) is 5.91 Å². The number of unbranched alkanes of at least 4 members (excludes halogenated alkanes) is 11. The Morgan fingerprint density at radius 1 is 0.800 bits per heavy atom. The Bertz CT molecular complexity index is 982. The van der Waals surface area contributed by atoms with Gasteiger partial charge in [-0.25, -0.2) is 0 Å². The van der Waals surface area contributed by atoms with Gasteiger partial charge < -0.3 is 19.7 Å². The van der Waals surface area contributed by atoms with E-state index in [9.17, 15) is 4.79 Å². The number of carbonyl (C=O) groups excluding carboxylic acids is 1. The Kier molecular flexibility index (Phi) is 17.6. The monoisotopic (exact) mass is 632 g/mol. The summed E-state index contributed by atoms with van der Waals surface area (Å²) >= 11 is 1.86. The molecular formula is C33H49BrN2O3S. The number of carbonyl (C=O) groups is 1. The molecule has 40 heavy (non-hydrogen) atoms. The average molecular weight is 634 g/mol. The third kappa shape index (κ3) is 14.5. The lowest BCUT2D eigenvalue weighted by atomic mass is 10.1. The van der Waals surface area contributed by atoms with Crippen LogP contribution < -0.4 is 14.8 Å². The molecule has 0 aliphatic carbocycles. The predicted molar refractivity (Wildman–Crippen MR) is 176 cm³/mol. The number of rotatable bonds is 20. The number of nitrogens with zero attached hydrogens (tertiary/aromatic N) is 1. The van der Waals surface area contributed by atoms with E-state index in [2.05, 4.69) is 42.4 Å². The van der Waals surface area contributed by atoms with E-state index in [4.69, 9.17) is 9.47 Å². The number of ether oxygens (including phenoxy) is 2. The lowest BCUT2D eigenvalue weighted by Gasteiger charge is -2.15. The fraction of sp³-hybridized carbons (Fsp3) is 0.545. The van der Waals surface area contributed by atoms with Crippen LogP contribution >= 0.6 is 28.7 Å². The summed E-state index contributed by atoms with van der Waals surface area (Å²) < 4.78 is 11.5. The number of nitrogens with one attached hydrogen (secondary N) is 1. The molecule has 5 nitrogen and oxygen atoms in total. The van der Waals surface area contributed by atoms with Crippen molar-refractivity contribution >= 4 is 40.3 Å². The molecule has 1 N–H and O–H groups in total. The molecule has 0 atom stereocenters. The molecule has 2 aromatic rings. The first kappa shape index (κ1) is 34.1. The quantitative estimate of drug-likeness (QED) is 0.147. The van der Waals surface area contributed by atoms with Gasteiger partial charge in [-0.05, 0) is 60.2 Å². The second kappa shape index (κ2) is 20.7. The van der Waals surface area contributed by atoms with Gasteiger partial charge in [0.05, 0.1) is 12.5 Å². The van der Waals surface area contributed by atoms with Crippen LogP contribution in [0.15, 0.2) is 59.6 Å². The summed E-state index contributed by atoms with van der Waals surface area (Å²) in [7, 11) is 0. The maximum atomic E-state index is 12.3. The summed E-state index contributed by atoms with van der Waals surface area (Å²) in [6.07, 6.45) is 18.3. The van der Waals surface area contributed by atoms with E-state index >= 15 is 0 Å². The molecule has 1 aliphatic heterocycles. The number of benzene rings is 2. The third-order valence-corrected chi connectivity index (χ3v) is 7.93. The van der Waals surface area contributed by atoms with E-state index < -0.39 is 0 Å². The topological polar surface area (TPSA) is 50.8 Å². The van der Waals surface area contributed by atoms with Crippen LogP contribution in [0.3, 0.4) is 0 Å². The van der Waals surface area contributed by atoms with Crippen LogP contribution in [0.1, 0.15) is 96.5 Å². The Balaban J connectivity index is 0.00000560. The summed E-state index contributed by atoms with van der Waals surface area (Å²) in [5.74, 6) is 2.32. The van der Waals surface area contributed by atoms with Crippen molar-refractivity contribution in [2.24, 2.45) is 0 Å². The molecule has 2 aromatic carbocycles. The minimum Gasteiger partial charge on any atom is -0.494 e. The fourth-order valence-electron chi connectivity index (χ4n) is 4.65. The van der Waals surface area contributed by atoms with Gasteiger partial charge in [-0.1, -0.05) is 89.7 Å². The van der Waals surface area contributed by atoms with Gasteiger partial charge in [0.15, 0.2) is 6.61 Å². The Morgan fingerprint density at radius 3 is 1.90 bits per heavy atom. The maximum absolute atomic E-state index is 12.3. The molecule has 1 amide bonds. The SMILES string of the molecule is Br.CCCCCCCCCCCCCCOc1ccc(OCC(=O)Nc2ccc(CN3C=C(C)SC3)cc2)cc1. The van der Waals surface area contributed by atoms with Crippen molar-refractivity contribution in [3.63, 3.8) is 0 Å². The van der Waals surface area contributed by atoms with Crippen LogP contribution in [0.2, 0.25) is 0 Å². The molecule has 0 saturated heterocycles. The van der Waals surface area contributed by atoms with Crippen LogP contribution in [0.4, 0.5) is 5.69 Å². The maximum Gasteiger partial charge on any atom is 0.262 e. The zero-order chi connectivity index (χ0) is 27.5. The smallest absolute Gasteiger partial charge is 0.262 e. The highest BCUT2D eigenvalue weighted by Crippen LogP contribution is 2.26. The van der Waals surface area contributed by atoms with E-state index in [1.54, 1.807) is 0 Å². The number of thioether (sulfide) groups is 1. The molecule has 0 saturated carbocycles.